The summed E-state index contributed by atoms with van der Waals surface area (Å²) < 4.78 is 0. The third-order valence-electron chi connectivity index (χ3n) is 3.68. The van der Waals surface area contributed by atoms with Crippen molar-refractivity contribution in [2.45, 2.75) is 51.0 Å². The van der Waals surface area contributed by atoms with Crippen molar-refractivity contribution in [1.29, 1.82) is 0 Å². The third kappa shape index (κ3) is 2.96. The Morgan fingerprint density at radius 3 is 2.21 bits per heavy atom. The van der Waals surface area contributed by atoms with Crippen LogP contribution in [-0.4, -0.2) is 37.1 Å². The fourth-order valence-corrected chi connectivity index (χ4v) is 2.78. The number of nitrogens with one attached hydrogen (secondary N) is 1. The van der Waals surface area contributed by atoms with Gasteiger partial charge in [-0.25, -0.2) is 0 Å². The maximum Gasteiger partial charge on any atom is 0.0221 e. The molecule has 0 spiro atoms. The van der Waals surface area contributed by atoms with Crippen molar-refractivity contribution in [2.75, 3.05) is 26.2 Å². The average Bonchev–Trinajstić information content (AvgIpc) is 2.18. The molecule has 2 nitrogen and oxygen atoms in total. The van der Waals surface area contributed by atoms with Gasteiger partial charge in [-0.15, -0.1) is 0 Å². The Balaban J connectivity index is 1.80. The summed E-state index contributed by atoms with van der Waals surface area (Å²) in [7, 11) is 0. The van der Waals surface area contributed by atoms with E-state index in [9.17, 15) is 0 Å². The Hall–Kier alpha value is -0.0800. The summed E-state index contributed by atoms with van der Waals surface area (Å²) in [6.07, 6.45) is 10.0. The number of nitrogens with zero attached hydrogens (tertiary/aromatic N) is 1. The number of hydrogen-bond acceptors (Lipinski definition) is 2. The van der Waals surface area contributed by atoms with Gasteiger partial charge >= 0.3 is 0 Å². The van der Waals surface area contributed by atoms with Crippen LogP contribution in [0, 0.1) is 0 Å². The third-order valence-corrected chi connectivity index (χ3v) is 3.68. The van der Waals surface area contributed by atoms with Crippen molar-refractivity contribution < 1.29 is 0 Å². The van der Waals surface area contributed by atoms with Gasteiger partial charge in [-0.3, -0.25) is 4.90 Å². The van der Waals surface area contributed by atoms with Crippen LogP contribution in [0.15, 0.2) is 0 Å². The van der Waals surface area contributed by atoms with Gasteiger partial charge in [0, 0.05) is 12.6 Å². The molecule has 1 atom stereocenters. The maximum atomic E-state index is 3.53. The van der Waals surface area contributed by atoms with Crippen LogP contribution in [0.1, 0.15) is 44.9 Å². The van der Waals surface area contributed by atoms with Gasteiger partial charge in [-0.05, 0) is 45.3 Å². The first-order valence-electron chi connectivity index (χ1n) is 6.41. The van der Waals surface area contributed by atoms with Crippen LogP contribution in [-0.2, 0) is 0 Å². The second kappa shape index (κ2) is 5.72. The van der Waals surface area contributed by atoms with Crippen LogP contribution in [0.5, 0.6) is 0 Å². The fraction of sp³-hybridized carbons (Fsp3) is 1.00. The molecule has 0 bridgehead atoms. The van der Waals surface area contributed by atoms with Gasteiger partial charge in [-0.1, -0.05) is 19.3 Å². The summed E-state index contributed by atoms with van der Waals surface area (Å²) in [5, 5.41) is 3.53. The zero-order valence-electron chi connectivity index (χ0n) is 9.30. The lowest BCUT2D eigenvalue weighted by Crippen LogP contribution is -2.47. The van der Waals surface area contributed by atoms with Crippen molar-refractivity contribution in [3.8, 4) is 0 Å². The zero-order chi connectivity index (χ0) is 9.64. The predicted octanol–water partition coefficient (Wildman–Crippen LogP) is 2.00. The normalized spacial score (nSPS) is 32.1. The standard InChI is InChI=1S/C12H24N2/c1-2-4-9-14(10-5-3-1)12-7-6-8-13-11-12/h12-13H,1-11H2. The van der Waals surface area contributed by atoms with Gasteiger partial charge < -0.3 is 5.32 Å². The first-order valence-corrected chi connectivity index (χ1v) is 6.41. The molecule has 2 fully saturated rings. The Bertz CT molecular complexity index is 144. The van der Waals surface area contributed by atoms with Crippen LogP contribution in [0.2, 0.25) is 0 Å². The molecule has 1 N–H and O–H groups in total. The van der Waals surface area contributed by atoms with Gasteiger partial charge in [0.05, 0.1) is 0 Å². The van der Waals surface area contributed by atoms with E-state index in [1.807, 2.05) is 0 Å². The van der Waals surface area contributed by atoms with Crippen LogP contribution >= 0.6 is 0 Å². The lowest BCUT2D eigenvalue weighted by molar-refractivity contribution is 0.152. The Labute approximate surface area is 88.1 Å². The second-order valence-electron chi connectivity index (χ2n) is 4.80. The molecule has 0 amide bonds. The molecular formula is C12H24N2. The molecule has 2 rings (SSSR count). The van der Waals surface area contributed by atoms with Gasteiger partial charge in [0.25, 0.3) is 0 Å². The van der Waals surface area contributed by atoms with Crippen molar-refractivity contribution in [1.82, 2.24) is 10.2 Å². The Morgan fingerprint density at radius 1 is 0.857 bits per heavy atom. The van der Waals surface area contributed by atoms with E-state index < -0.39 is 0 Å². The summed E-state index contributed by atoms with van der Waals surface area (Å²) in [5.41, 5.74) is 0. The topological polar surface area (TPSA) is 15.3 Å². The molecule has 0 radical (unpaired) electrons. The zero-order valence-corrected chi connectivity index (χ0v) is 9.30. The lowest BCUT2D eigenvalue weighted by atomic mass is 10.0. The summed E-state index contributed by atoms with van der Waals surface area (Å²) in [4.78, 5) is 2.74. The molecule has 0 aromatic heterocycles. The molecule has 0 saturated carbocycles. The lowest BCUT2D eigenvalue weighted by Gasteiger charge is -2.35. The molecule has 0 aliphatic carbocycles. The molecule has 0 aromatic rings. The minimum absolute atomic E-state index is 0.849. The molecule has 2 heteroatoms. The molecule has 2 aliphatic heterocycles. The Kier molecular flexibility index (Phi) is 4.26. The maximum absolute atomic E-state index is 3.53. The first-order chi connectivity index (χ1) is 6.97. The van der Waals surface area contributed by atoms with E-state index >= 15 is 0 Å². The van der Waals surface area contributed by atoms with Crippen molar-refractivity contribution in [2.24, 2.45) is 0 Å². The summed E-state index contributed by atoms with van der Waals surface area (Å²) in [5.74, 6) is 0. The minimum Gasteiger partial charge on any atom is -0.315 e. The Morgan fingerprint density at radius 2 is 1.57 bits per heavy atom. The predicted molar refractivity (Wildman–Crippen MR) is 60.5 cm³/mol. The highest BCUT2D eigenvalue weighted by atomic mass is 15.2. The molecule has 82 valence electrons. The number of rotatable bonds is 1. The number of hydrogen-bond donors (Lipinski definition) is 1. The fourth-order valence-electron chi connectivity index (χ4n) is 2.78. The van der Waals surface area contributed by atoms with Crippen molar-refractivity contribution in [3.63, 3.8) is 0 Å². The number of likely N-dealkylation sites (tertiary alicyclic amines) is 1. The monoisotopic (exact) mass is 196 g/mol. The SMILES string of the molecule is C1CCCN(C2CCCNC2)CCC1. The van der Waals surface area contributed by atoms with Gasteiger partial charge in [0.15, 0.2) is 0 Å². The largest absolute Gasteiger partial charge is 0.315 e. The molecule has 2 saturated heterocycles. The highest BCUT2D eigenvalue weighted by Crippen LogP contribution is 2.16. The molecule has 0 aromatic carbocycles. The molecule has 2 heterocycles. The van der Waals surface area contributed by atoms with E-state index in [4.69, 9.17) is 0 Å². The quantitative estimate of drug-likeness (QED) is 0.690. The van der Waals surface area contributed by atoms with E-state index in [0.29, 0.717) is 0 Å². The highest BCUT2D eigenvalue weighted by molar-refractivity contribution is 4.79. The molecule has 1 unspecified atom stereocenters. The van der Waals surface area contributed by atoms with Gasteiger partial charge in [-0.2, -0.15) is 0 Å². The van der Waals surface area contributed by atoms with Crippen LogP contribution in [0.4, 0.5) is 0 Å². The smallest absolute Gasteiger partial charge is 0.0221 e. The average molecular weight is 196 g/mol. The molecule has 14 heavy (non-hydrogen) atoms. The molecular weight excluding hydrogens is 172 g/mol. The van der Waals surface area contributed by atoms with Gasteiger partial charge in [0.2, 0.25) is 0 Å². The van der Waals surface area contributed by atoms with Crippen LogP contribution in [0.25, 0.3) is 0 Å². The minimum atomic E-state index is 0.849. The highest BCUT2D eigenvalue weighted by Gasteiger charge is 2.20. The van der Waals surface area contributed by atoms with Gasteiger partial charge in [0.1, 0.15) is 0 Å². The van der Waals surface area contributed by atoms with E-state index in [0.717, 1.165) is 6.04 Å². The van der Waals surface area contributed by atoms with Crippen LogP contribution < -0.4 is 5.32 Å². The molecule has 2 aliphatic rings. The van der Waals surface area contributed by atoms with E-state index in [2.05, 4.69) is 10.2 Å². The van der Waals surface area contributed by atoms with E-state index in [1.165, 1.54) is 71.1 Å². The second-order valence-corrected chi connectivity index (χ2v) is 4.80. The van der Waals surface area contributed by atoms with Crippen molar-refractivity contribution in [3.05, 3.63) is 0 Å². The first kappa shape index (κ1) is 10.4. The summed E-state index contributed by atoms with van der Waals surface area (Å²) >= 11 is 0. The number of piperidine rings is 1. The van der Waals surface area contributed by atoms with E-state index in [-0.39, 0.29) is 0 Å². The van der Waals surface area contributed by atoms with Crippen molar-refractivity contribution >= 4 is 0 Å². The summed E-state index contributed by atoms with van der Waals surface area (Å²) in [6, 6.07) is 0.849. The van der Waals surface area contributed by atoms with Crippen LogP contribution in [0.3, 0.4) is 0 Å². The van der Waals surface area contributed by atoms with E-state index in [1.54, 1.807) is 0 Å². The summed E-state index contributed by atoms with van der Waals surface area (Å²) in [6.45, 7) is 5.18.